The predicted molar refractivity (Wildman–Crippen MR) is 117 cm³/mol. The number of nitrogens with zero attached hydrogens (tertiary/aromatic N) is 3. The first kappa shape index (κ1) is 21.6. The van der Waals surface area contributed by atoms with Crippen LogP contribution in [-0.4, -0.2) is 54.8 Å². The van der Waals surface area contributed by atoms with Gasteiger partial charge in [-0.2, -0.15) is 5.10 Å². The smallest absolute Gasteiger partial charge is 0.317 e. The highest BCUT2D eigenvalue weighted by Crippen LogP contribution is 2.33. The highest BCUT2D eigenvalue weighted by molar-refractivity contribution is 6.30. The molecule has 0 unspecified atom stereocenters. The van der Waals surface area contributed by atoms with E-state index in [2.05, 4.69) is 10.4 Å². The van der Waals surface area contributed by atoms with Crippen LogP contribution >= 0.6 is 11.6 Å². The summed E-state index contributed by atoms with van der Waals surface area (Å²) in [6.45, 7) is 2.25. The summed E-state index contributed by atoms with van der Waals surface area (Å²) in [5.74, 6) is 0.496. The molecular formula is C22H25ClN4O3. The van der Waals surface area contributed by atoms with Gasteiger partial charge in [0.15, 0.2) is 0 Å². The van der Waals surface area contributed by atoms with E-state index in [0.717, 1.165) is 22.6 Å². The number of nitrogens with one attached hydrogen (secondary N) is 1. The Morgan fingerprint density at radius 3 is 2.47 bits per heavy atom. The zero-order chi connectivity index (χ0) is 21.7. The minimum Gasteiger partial charge on any atom is -0.497 e. The molecule has 8 heteroatoms. The minimum absolute atomic E-state index is 0.0741. The molecule has 158 valence electrons. The number of carbonyl (C=O) groups is 2. The van der Waals surface area contributed by atoms with E-state index in [1.54, 1.807) is 26.3 Å². The lowest BCUT2D eigenvalue weighted by Crippen LogP contribution is -2.43. The molecule has 0 aromatic heterocycles. The third-order valence-corrected chi connectivity index (χ3v) is 5.14. The normalized spacial score (nSPS) is 15.5. The first-order valence-corrected chi connectivity index (χ1v) is 10.1. The molecule has 0 spiro atoms. The van der Waals surface area contributed by atoms with Crippen LogP contribution in [-0.2, 0) is 4.79 Å². The molecule has 1 aliphatic rings. The van der Waals surface area contributed by atoms with Crippen LogP contribution in [0.15, 0.2) is 53.6 Å². The van der Waals surface area contributed by atoms with Crippen molar-refractivity contribution in [1.82, 2.24) is 15.2 Å². The number of amides is 3. The summed E-state index contributed by atoms with van der Waals surface area (Å²) in [5.41, 5.74) is 2.65. The lowest BCUT2D eigenvalue weighted by molar-refractivity contribution is -0.133. The molecule has 3 amide bonds. The number of likely N-dealkylation sites (N-methyl/N-ethyl adjacent to an activating group) is 1. The third-order valence-electron chi connectivity index (χ3n) is 4.89. The van der Waals surface area contributed by atoms with Crippen molar-refractivity contribution < 1.29 is 14.3 Å². The second-order valence-corrected chi connectivity index (χ2v) is 7.41. The number of hydrazone groups is 1. The second-order valence-electron chi connectivity index (χ2n) is 6.98. The number of carbonyl (C=O) groups excluding carboxylic acids is 2. The van der Waals surface area contributed by atoms with E-state index in [1.807, 2.05) is 43.3 Å². The van der Waals surface area contributed by atoms with Crippen molar-refractivity contribution >= 4 is 29.3 Å². The molecule has 1 aliphatic heterocycles. The Morgan fingerprint density at radius 2 is 1.87 bits per heavy atom. The maximum atomic E-state index is 13.0. The van der Waals surface area contributed by atoms with E-state index in [9.17, 15) is 9.59 Å². The zero-order valence-corrected chi connectivity index (χ0v) is 18.0. The summed E-state index contributed by atoms with van der Waals surface area (Å²) in [6.07, 6.45) is 0.560. The van der Waals surface area contributed by atoms with E-state index < -0.39 is 0 Å². The standard InChI is InChI=1S/C22H25ClN4O3/c1-4-24-22(29)26(2)14-21(28)27-20(16-5-9-17(23)10-6-16)13-19(25-27)15-7-11-18(30-3)12-8-15/h5-12,20H,4,13-14H2,1-3H3,(H,24,29)/t20-/m0/s1. The minimum atomic E-state index is -0.299. The molecule has 2 aromatic rings. The summed E-state index contributed by atoms with van der Waals surface area (Å²) >= 11 is 6.03. The molecule has 1 heterocycles. The van der Waals surface area contributed by atoms with Crippen molar-refractivity contribution in [1.29, 1.82) is 0 Å². The van der Waals surface area contributed by atoms with E-state index in [4.69, 9.17) is 16.3 Å². The van der Waals surface area contributed by atoms with Crippen LogP contribution in [0.5, 0.6) is 5.75 Å². The second kappa shape index (κ2) is 9.63. The Morgan fingerprint density at radius 1 is 1.20 bits per heavy atom. The van der Waals surface area contributed by atoms with Gasteiger partial charge >= 0.3 is 6.03 Å². The summed E-state index contributed by atoms with van der Waals surface area (Å²) in [4.78, 5) is 26.4. The molecule has 7 nitrogen and oxygen atoms in total. The van der Waals surface area contributed by atoms with Gasteiger partial charge in [-0.3, -0.25) is 4.79 Å². The van der Waals surface area contributed by atoms with Crippen LogP contribution in [0, 0.1) is 0 Å². The molecule has 1 atom stereocenters. The summed E-state index contributed by atoms with van der Waals surface area (Å²) in [7, 11) is 3.20. The quantitative estimate of drug-likeness (QED) is 0.762. The average molecular weight is 429 g/mol. The lowest BCUT2D eigenvalue weighted by atomic mass is 9.98. The molecule has 0 fully saturated rings. The molecule has 2 aromatic carbocycles. The Bertz CT molecular complexity index is 928. The zero-order valence-electron chi connectivity index (χ0n) is 17.3. The molecule has 0 saturated carbocycles. The maximum Gasteiger partial charge on any atom is 0.317 e. The first-order chi connectivity index (χ1) is 14.4. The van der Waals surface area contributed by atoms with E-state index in [-0.39, 0.29) is 24.5 Å². The van der Waals surface area contributed by atoms with E-state index >= 15 is 0 Å². The molecule has 0 saturated heterocycles. The molecule has 1 N–H and O–H groups in total. The number of hydrogen-bond acceptors (Lipinski definition) is 4. The van der Waals surface area contributed by atoms with Gasteiger partial charge in [-0.15, -0.1) is 0 Å². The van der Waals surface area contributed by atoms with Crippen molar-refractivity contribution in [3.8, 4) is 5.75 Å². The SMILES string of the molecule is CCNC(=O)N(C)CC(=O)N1N=C(c2ccc(OC)cc2)C[C@H]1c1ccc(Cl)cc1. The highest BCUT2D eigenvalue weighted by atomic mass is 35.5. The van der Waals surface area contributed by atoms with Gasteiger partial charge in [0.1, 0.15) is 12.3 Å². The van der Waals surface area contributed by atoms with E-state index in [0.29, 0.717) is 18.0 Å². The average Bonchev–Trinajstić information content (AvgIpc) is 3.20. The van der Waals surface area contributed by atoms with Gasteiger partial charge in [0, 0.05) is 25.0 Å². The van der Waals surface area contributed by atoms with Crippen molar-refractivity contribution in [3.05, 3.63) is 64.7 Å². The summed E-state index contributed by atoms with van der Waals surface area (Å²) in [6, 6.07) is 14.4. The Balaban J connectivity index is 1.86. The van der Waals surface area contributed by atoms with Gasteiger partial charge in [-0.05, 0) is 54.4 Å². The van der Waals surface area contributed by atoms with Crippen molar-refractivity contribution in [3.63, 3.8) is 0 Å². The van der Waals surface area contributed by atoms with Gasteiger partial charge in [0.2, 0.25) is 0 Å². The molecule has 30 heavy (non-hydrogen) atoms. The van der Waals surface area contributed by atoms with Crippen molar-refractivity contribution in [2.75, 3.05) is 27.2 Å². The third kappa shape index (κ3) is 4.91. The fraction of sp³-hybridized carbons (Fsp3) is 0.318. The van der Waals surface area contributed by atoms with Crippen molar-refractivity contribution in [2.24, 2.45) is 5.10 Å². The van der Waals surface area contributed by atoms with E-state index in [1.165, 1.54) is 9.91 Å². The number of urea groups is 1. The van der Waals surface area contributed by atoms with Gasteiger partial charge in [-0.25, -0.2) is 9.80 Å². The van der Waals surface area contributed by atoms with Crippen molar-refractivity contribution in [2.45, 2.75) is 19.4 Å². The number of benzene rings is 2. The van der Waals surface area contributed by atoms with Gasteiger partial charge in [0.05, 0.1) is 18.9 Å². The van der Waals surface area contributed by atoms with Crippen LogP contribution in [0.1, 0.15) is 30.5 Å². The Kier molecular flexibility index (Phi) is 6.95. The summed E-state index contributed by atoms with van der Waals surface area (Å²) in [5, 5.41) is 9.41. The molecule has 0 radical (unpaired) electrons. The van der Waals surface area contributed by atoms with Crippen LogP contribution in [0.4, 0.5) is 4.79 Å². The lowest BCUT2D eigenvalue weighted by Gasteiger charge is -2.25. The molecule has 0 bridgehead atoms. The first-order valence-electron chi connectivity index (χ1n) is 9.71. The molecular weight excluding hydrogens is 404 g/mol. The maximum absolute atomic E-state index is 13.0. The number of methoxy groups -OCH3 is 1. The predicted octanol–water partition coefficient (Wildman–Crippen LogP) is 3.69. The fourth-order valence-corrected chi connectivity index (χ4v) is 3.40. The van der Waals surface area contributed by atoms with Gasteiger partial charge in [0.25, 0.3) is 5.91 Å². The van der Waals surface area contributed by atoms with Gasteiger partial charge < -0.3 is 15.0 Å². The number of ether oxygens (including phenoxy) is 1. The summed E-state index contributed by atoms with van der Waals surface area (Å²) < 4.78 is 5.22. The number of hydrogen-bond donors (Lipinski definition) is 1. The van der Waals surface area contributed by atoms with Crippen LogP contribution in [0.2, 0.25) is 5.02 Å². The topological polar surface area (TPSA) is 74.2 Å². The van der Waals surface area contributed by atoms with Crippen LogP contribution in [0.3, 0.4) is 0 Å². The monoisotopic (exact) mass is 428 g/mol. The Labute approximate surface area is 181 Å². The number of rotatable bonds is 6. The molecule has 3 rings (SSSR count). The molecule has 0 aliphatic carbocycles. The van der Waals surface area contributed by atoms with Crippen LogP contribution in [0.25, 0.3) is 0 Å². The Hall–Kier alpha value is -3.06. The fourth-order valence-electron chi connectivity index (χ4n) is 3.28. The number of halogens is 1. The largest absolute Gasteiger partial charge is 0.497 e. The van der Waals surface area contributed by atoms with Gasteiger partial charge in [-0.1, -0.05) is 23.7 Å². The van der Waals surface area contributed by atoms with Crippen LogP contribution < -0.4 is 10.1 Å². The highest BCUT2D eigenvalue weighted by Gasteiger charge is 2.33.